The van der Waals surface area contributed by atoms with Gasteiger partial charge in [-0.3, -0.25) is 35.1 Å². The van der Waals surface area contributed by atoms with E-state index in [1.54, 1.807) is 0 Å². The van der Waals surface area contributed by atoms with Gasteiger partial charge in [-0.1, -0.05) is 69.8 Å². The van der Waals surface area contributed by atoms with Crippen LogP contribution in [0, 0.1) is 182 Å². The molecule has 0 aliphatic carbocycles. The summed E-state index contributed by atoms with van der Waals surface area (Å²) in [6, 6.07) is 17.2. The Bertz CT molecular complexity index is 2020. The molecule has 376 valence electrons. The maximum absolute atomic E-state index is 12.0. The maximum Gasteiger partial charge on any atom is 1.00 e. The molecule has 0 amide bonds. The zero-order valence-corrected chi connectivity index (χ0v) is 39.2. The van der Waals surface area contributed by atoms with E-state index in [0.29, 0.717) is 0 Å². The first-order valence-corrected chi connectivity index (χ1v) is 16.2. The normalized spacial score (nSPS) is 9.48. The van der Waals surface area contributed by atoms with E-state index in [9.17, 15) is 87.8 Å². The van der Waals surface area contributed by atoms with Crippen molar-refractivity contribution in [3.8, 4) is 0 Å². The average molecular weight is 1340 g/mol. The van der Waals surface area contributed by atoms with Crippen LogP contribution in [0.15, 0.2) is 36.4 Å². The van der Waals surface area contributed by atoms with Crippen LogP contribution in [0.4, 0.5) is 87.8 Å². The van der Waals surface area contributed by atoms with Crippen molar-refractivity contribution >= 4 is 0 Å². The van der Waals surface area contributed by atoms with E-state index in [4.69, 9.17) is 0 Å². The van der Waals surface area contributed by atoms with Gasteiger partial charge in [-0.2, -0.15) is 0 Å². The van der Waals surface area contributed by atoms with E-state index in [-0.39, 0.29) is 89.5 Å². The SMILES string of the molecule is Cc1cc(C)cc(C)c1.Cc1cc(C)cc(C)c1.Fc1[c-]c(F)c(F)c(F)c1F.Fc1[c-]c(F)c(F)c(F)c1F.Fc1[c-]c(F)c(F)c(F)c1F.Fc1[c-]c(F)c(F)c(F)c1F.[Ag+].[Ag+].[Ag+].[Ag+]. The third-order valence-electron chi connectivity index (χ3n) is 6.69. The van der Waals surface area contributed by atoms with Gasteiger partial charge in [0.1, 0.15) is 0 Å². The van der Waals surface area contributed by atoms with Crippen molar-refractivity contribution in [2.24, 2.45) is 0 Å². The second-order valence-electron chi connectivity index (χ2n) is 12.1. The molecule has 0 aromatic heterocycles. The average Bonchev–Trinajstić information content (AvgIpc) is 3.18. The van der Waals surface area contributed by atoms with Crippen LogP contribution in [0.25, 0.3) is 0 Å². The Morgan fingerprint density at radius 2 is 0.288 bits per heavy atom. The first-order chi connectivity index (χ1) is 28.5. The van der Waals surface area contributed by atoms with Crippen LogP contribution in [-0.4, -0.2) is 0 Å². The molecule has 6 rings (SSSR count). The molecular weight excluding hydrogens is 1320 g/mol. The molecule has 0 nitrogen and oxygen atoms in total. The van der Waals surface area contributed by atoms with Crippen LogP contribution in [0.1, 0.15) is 33.4 Å². The molecule has 0 spiro atoms. The Morgan fingerprint density at radius 3 is 0.379 bits per heavy atom. The third-order valence-corrected chi connectivity index (χ3v) is 6.69. The molecule has 66 heavy (non-hydrogen) atoms. The molecule has 0 saturated heterocycles. The van der Waals surface area contributed by atoms with Crippen molar-refractivity contribution in [2.75, 3.05) is 0 Å². The van der Waals surface area contributed by atoms with E-state index in [2.05, 4.69) is 77.9 Å². The minimum absolute atomic E-state index is 0. The largest absolute Gasteiger partial charge is 1.00 e. The number of benzene rings is 6. The van der Waals surface area contributed by atoms with Crippen LogP contribution in [0.3, 0.4) is 0 Å². The van der Waals surface area contributed by atoms with Crippen molar-refractivity contribution in [1.29, 1.82) is 0 Å². The molecule has 0 bridgehead atoms. The summed E-state index contributed by atoms with van der Waals surface area (Å²) in [6.07, 6.45) is 0. The molecule has 0 N–H and O–H groups in total. The van der Waals surface area contributed by atoms with Crippen LogP contribution in [0.5, 0.6) is 0 Å². The van der Waals surface area contributed by atoms with Gasteiger partial charge in [-0.25, -0.2) is 52.7 Å². The Morgan fingerprint density at radius 1 is 0.197 bits per heavy atom. The van der Waals surface area contributed by atoms with Crippen molar-refractivity contribution in [3.63, 3.8) is 0 Å². The second-order valence-corrected chi connectivity index (χ2v) is 12.1. The van der Waals surface area contributed by atoms with Gasteiger partial charge in [-0.05, 0) is 41.5 Å². The van der Waals surface area contributed by atoms with Crippen LogP contribution >= 0.6 is 0 Å². The molecule has 6 aromatic carbocycles. The predicted molar refractivity (Wildman–Crippen MR) is 182 cm³/mol. The van der Waals surface area contributed by atoms with Gasteiger partial charge in [-0.15, -0.1) is 24.3 Å². The number of aryl methyl sites for hydroxylation is 6. The molecular formula is C42H24Ag4F20. The predicted octanol–water partition coefficient (Wildman–Crippen LogP) is 13.9. The van der Waals surface area contributed by atoms with E-state index in [0.717, 1.165) is 24.3 Å². The quantitative estimate of drug-likeness (QED) is 0.0467. The van der Waals surface area contributed by atoms with Gasteiger partial charge in [0, 0.05) is 0 Å². The molecule has 6 aromatic rings. The van der Waals surface area contributed by atoms with Gasteiger partial charge >= 0.3 is 89.5 Å². The first-order valence-electron chi connectivity index (χ1n) is 16.2. The standard InChI is InChI=1S/2C9H12.4C6F5.4Ag/c2*1-7-4-8(2)6-9(3)5-7;4*7-2-1-3(8)5(10)6(11)4(2)9;;;;/h2*4-6H,1-3H3;;;;;;;;/q;;4*-1;4*+1. The number of hydrogen-bond acceptors (Lipinski definition) is 0. The van der Waals surface area contributed by atoms with E-state index >= 15 is 0 Å². The number of hydrogen-bond donors (Lipinski definition) is 0. The minimum atomic E-state index is -2.17. The van der Waals surface area contributed by atoms with Crippen molar-refractivity contribution < 1.29 is 177 Å². The molecule has 0 aliphatic rings. The molecule has 24 heteroatoms. The molecule has 0 fully saturated rings. The molecule has 0 aliphatic heterocycles. The number of rotatable bonds is 0. The van der Waals surface area contributed by atoms with Gasteiger partial charge < -0.3 is 0 Å². The van der Waals surface area contributed by atoms with E-state index in [1.807, 2.05) is 0 Å². The van der Waals surface area contributed by atoms with Crippen LogP contribution < -0.4 is 0 Å². The van der Waals surface area contributed by atoms with E-state index < -0.39 is 116 Å². The summed E-state index contributed by atoms with van der Waals surface area (Å²) in [7, 11) is 0. The topological polar surface area (TPSA) is 0 Å². The summed E-state index contributed by atoms with van der Waals surface area (Å²) in [5, 5.41) is 0. The Labute approximate surface area is 426 Å². The van der Waals surface area contributed by atoms with Gasteiger partial charge in [0.2, 0.25) is 0 Å². The third kappa shape index (κ3) is 21.5. The smallest absolute Gasteiger partial charge is 0.278 e. The van der Waals surface area contributed by atoms with Crippen LogP contribution in [0.2, 0.25) is 0 Å². The molecule has 0 atom stereocenters. The zero-order chi connectivity index (χ0) is 48.1. The van der Waals surface area contributed by atoms with Gasteiger partial charge in [0.25, 0.3) is 0 Å². The van der Waals surface area contributed by atoms with Crippen LogP contribution in [-0.2, 0) is 89.5 Å². The van der Waals surface area contributed by atoms with Crippen molar-refractivity contribution in [1.82, 2.24) is 0 Å². The maximum atomic E-state index is 12.0. The molecule has 0 unspecified atom stereocenters. The Balaban J connectivity index is -0.000000346. The van der Waals surface area contributed by atoms with Gasteiger partial charge in [0.15, 0.2) is 0 Å². The summed E-state index contributed by atoms with van der Waals surface area (Å²) in [6.45, 7) is 12.8. The minimum Gasteiger partial charge on any atom is -0.278 e. The second kappa shape index (κ2) is 31.8. The summed E-state index contributed by atoms with van der Waals surface area (Å²) < 4.78 is 239. The fourth-order valence-electron chi connectivity index (χ4n) is 4.39. The molecule has 0 saturated carbocycles. The molecule has 0 radical (unpaired) electrons. The summed E-state index contributed by atoms with van der Waals surface area (Å²) in [5.41, 5.74) is 8.13. The van der Waals surface area contributed by atoms with E-state index in [1.165, 1.54) is 33.4 Å². The summed E-state index contributed by atoms with van der Waals surface area (Å²) >= 11 is 0. The first kappa shape index (κ1) is 69.5. The zero-order valence-electron chi connectivity index (χ0n) is 33.2. The Hall–Kier alpha value is -3.12. The summed E-state index contributed by atoms with van der Waals surface area (Å²) in [5.74, 6) is -40.2. The van der Waals surface area contributed by atoms with Crippen molar-refractivity contribution in [2.45, 2.75) is 41.5 Å². The van der Waals surface area contributed by atoms with Crippen molar-refractivity contribution in [3.05, 3.63) is 210 Å². The monoisotopic (exact) mass is 1340 g/mol. The fraction of sp³-hybridized carbons (Fsp3) is 0.143. The van der Waals surface area contributed by atoms with Gasteiger partial charge in [0.05, 0.1) is 116 Å². The number of halogens is 20. The Kier molecular flexibility index (Phi) is 33.5. The fourth-order valence-corrected chi connectivity index (χ4v) is 4.39. The summed E-state index contributed by atoms with van der Waals surface area (Å²) in [4.78, 5) is 0. The molecule has 0 heterocycles.